The van der Waals surface area contributed by atoms with Crippen molar-refractivity contribution >= 4 is 22.8 Å². The van der Waals surface area contributed by atoms with Gasteiger partial charge in [-0.25, -0.2) is 0 Å². The SMILES string of the molecule is CCOC(=O)CCc1oc2ccccc2c1C[C@@H]1CCCN1C(=O)C(N)C(C)C. The third-order valence-electron chi connectivity index (χ3n) is 5.75. The zero-order valence-corrected chi connectivity index (χ0v) is 17.6. The molecule has 2 atom stereocenters. The molecule has 6 nitrogen and oxygen atoms in total. The van der Waals surface area contributed by atoms with Crippen molar-refractivity contribution in [1.29, 1.82) is 0 Å². The molecule has 1 aliphatic heterocycles. The molecule has 1 amide bonds. The summed E-state index contributed by atoms with van der Waals surface area (Å²) in [6.07, 6.45) is 3.43. The fraction of sp³-hybridized carbons (Fsp3) is 0.565. The molecule has 2 aromatic rings. The van der Waals surface area contributed by atoms with Gasteiger partial charge in [0.15, 0.2) is 0 Å². The van der Waals surface area contributed by atoms with Gasteiger partial charge >= 0.3 is 5.97 Å². The third kappa shape index (κ3) is 4.81. The van der Waals surface area contributed by atoms with Gasteiger partial charge in [0.25, 0.3) is 0 Å². The fourth-order valence-electron chi connectivity index (χ4n) is 4.07. The highest BCUT2D eigenvalue weighted by Gasteiger charge is 2.34. The predicted molar refractivity (Wildman–Crippen MR) is 112 cm³/mol. The molecule has 0 radical (unpaired) electrons. The molecule has 29 heavy (non-hydrogen) atoms. The van der Waals surface area contributed by atoms with Crippen molar-refractivity contribution < 1.29 is 18.7 Å². The second-order valence-electron chi connectivity index (χ2n) is 8.11. The lowest BCUT2D eigenvalue weighted by molar-refractivity contribution is -0.143. The van der Waals surface area contributed by atoms with Crippen LogP contribution in [0.3, 0.4) is 0 Å². The predicted octanol–water partition coefficient (Wildman–Crippen LogP) is 3.45. The number of rotatable bonds is 8. The van der Waals surface area contributed by atoms with E-state index < -0.39 is 6.04 Å². The van der Waals surface area contributed by atoms with Gasteiger partial charge in [-0.1, -0.05) is 32.0 Å². The minimum absolute atomic E-state index is 0.0309. The third-order valence-corrected chi connectivity index (χ3v) is 5.75. The van der Waals surface area contributed by atoms with Crippen LogP contribution in [0.2, 0.25) is 0 Å². The summed E-state index contributed by atoms with van der Waals surface area (Å²) in [4.78, 5) is 26.7. The summed E-state index contributed by atoms with van der Waals surface area (Å²) >= 11 is 0. The van der Waals surface area contributed by atoms with Crippen LogP contribution in [0, 0.1) is 5.92 Å². The van der Waals surface area contributed by atoms with E-state index in [9.17, 15) is 9.59 Å². The van der Waals surface area contributed by atoms with Crippen LogP contribution < -0.4 is 5.73 Å². The van der Waals surface area contributed by atoms with Crippen LogP contribution in [-0.4, -0.2) is 42.0 Å². The largest absolute Gasteiger partial charge is 0.466 e. The number of furan rings is 1. The van der Waals surface area contributed by atoms with E-state index in [1.54, 1.807) is 6.92 Å². The molecule has 1 unspecified atom stereocenters. The molecule has 1 aromatic heterocycles. The van der Waals surface area contributed by atoms with Gasteiger partial charge in [-0.3, -0.25) is 9.59 Å². The van der Waals surface area contributed by atoms with Crippen LogP contribution in [0.25, 0.3) is 11.0 Å². The maximum atomic E-state index is 12.9. The Kier molecular flexibility index (Phi) is 6.96. The molecule has 2 N–H and O–H groups in total. The molecule has 1 aromatic carbocycles. The Labute approximate surface area is 172 Å². The van der Waals surface area contributed by atoms with Crippen molar-refractivity contribution in [2.45, 2.75) is 65.0 Å². The smallest absolute Gasteiger partial charge is 0.306 e. The van der Waals surface area contributed by atoms with Gasteiger partial charge in [-0.2, -0.15) is 0 Å². The Morgan fingerprint density at radius 2 is 2.07 bits per heavy atom. The van der Waals surface area contributed by atoms with Crippen molar-refractivity contribution in [3.05, 3.63) is 35.6 Å². The zero-order valence-electron chi connectivity index (χ0n) is 17.6. The number of nitrogens with zero attached hydrogens (tertiary/aromatic N) is 1. The van der Waals surface area contributed by atoms with Crippen molar-refractivity contribution in [1.82, 2.24) is 4.90 Å². The molecule has 2 heterocycles. The number of fused-ring (bicyclic) bond motifs is 1. The average molecular weight is 401 g/mol. The Morgan fingerprint density at radius 1 is 1.31 bits per heavy atom. The van der Waals surface area contributed by atoms with Crippen LogP contribution in [0.4, 0.5) is 0 Å². The first-order chi connectivity index (χ1) is 13.9. The number of hydrogen-bond donors (Lipinski definition) is 1. The van der Waals surface area contributed by atoms with Crippen LogP contribution in [-0.2, 0) is 27.2 Å². The van der Waals surface area contributed by atoms with E-state index in [1.807, 2.05) is 43.0 Å². The number of carbonyl (C=O) groups is 2. The molecular weight excluding hydrogens is 368 g/mol. The van der Waals surface area contributed by atoms with E-state index in [0.717, 1.165) is 41.7 Å². The van der Waals surface area contributed by atoms with E-state index in [2.05, 4.69) is 0 Å². The van der Waals surface area contributed by atoms with Gasteiger partial charge in [0.2, 0.25) is 5.91 Å². The lowest BCUT2D eigenvalue weighted by Crippen LogP contribution is -2.48. The molecule has 0 bridgehead atoms. The maximum absolute atomic E-state index is 12.9. The quantitative estimate of drug-likeness (QED) is 0.686. The van der Waals surface area contributed by atoms with Crippen LogP contribution in [0.5, 0.6) is 0 Å². The Hall–Kier alpha value is -2.34. The number of hydrogen-bond acceptors (Lipinski definition) is 5. The number of para-hydroxylation sites is 1. The number of amides is 1. The summed E-state index contributed by atoms with van der Waals surface area (Å²) in [5.41, 5.74) is 8.05. The van der Waals surface area contributed by atoms with Gasteiger partial charge in [0.05, 0.1) is 19.1 Å². The minimum Gasteiger partial charge on any atom is -0.466 e. The Bertz CT molecular complexity index is 858. The number of likely N-dealkylation sites (tertiary alicyclic amines) is 1. The number of nitrogens with two attached hydrogens (primary N) is 1. The number of benzene rings is 1. The fourth-order valence-corrected chi connectivity index (χ4v) is 4.07. The number of esters is 1. The number of carbonyl (C=O) groups excluding carboxylic acids is 2. The lowest BCUT2D eigenvalue weighted by atomic mass is 9.98. The molecule has 1 fully saturated rings. The standard InChI is InChI=1S/C23H32N2O4/c1-4-28-21(26)12-11-20-18(17-9-5-6-10-19(17)29-20)14-16-8-7-13-25(16)23(27)22(24)15(2)3/h5-6,9-10,15-16,22H,4,7-8,11-14,24H2,1-3H3/t16-,22?/m0/s1. The van der Waals surface area contributed by atoms with Crippen molar-refractivity contribution in [3.63, 3.8) is 0 Å². The van der Waals surface area contributed by atoms with Crippen molar-refractivity contribution in [2.24, 2.45) is 11.7 Å². The molecule has 0 spiro atoms. The van der Waals surface area contributed by atoms with Crippen LogP contribution in [0.1, 0.15) is 51.4 Å². The highest BCUT2D eigenvalue weighted by molar-refractivity contribution is 5.84. The molecule has 3 rings (SSSR count). The normalized spacial score (nSPS) is 17.8. The minimum atomic E-state index is -0.472. The average Bonchev–Trinajstić information content (AvgIpc) is 3.30. The maximum Gasteiger partial charge on any atom is 0.306 e. The highest BCUT2D eigenvalue weighted by atomic mass is 16.5. The molecule has 0 aliphatic carbocycles. The number of aryl methyl sites for hydroxylation is 1. The molecule has 158 valence electrons. The van der Waals surface area contributed by atoms with Gasteiger partial charge in [0, 0.05) is 30.0 Å². The van der Waals surface area contributed by atoms with Crippen LogP contribution in [0.15, 0.2) is 28.7 Å². The second-order valence-corrected chi connectivity index (χ2v) is 8.11. The summed E-state index contributed by atoms with van der Waals surface area (Å²) in [6, 6.07) is 7.55. The van der Waals surface area contributed by atoms with Crippen molar-refractivity contribution in [3.8, 4) is 0 Å². The Morgan fingerprint density at radius 3 is 2.79 bits per heavy atom. The highest BCUT2D eigenvalue weighted by Crippen LogP contribution is 2.31. The summed E-state index contributed by atoms with van der Waals surface area (Å²) < 4.78 is 11.1. The van der Waals surface area contributed by atoms with E-state index in [0.29, 0.717) is 19.4 Å². The first-order valence-electron chi connectivity index (χ1n) is 10.6. The summed E-state index contributed by atoms with van der Waals surface area (Å²) in [5, 5.41) is 1.05. The van der Waals surface area contributed by atoms with E-state index in [1.165, 1.54) is 0 Å². The van der Waals surface area contributed by atoms with Gasteiger partial charge in [-0.15, -0.1) is 0 Å². The lowest BCUT2D eigenvalue weighted by Gasteiger charge is -2.29. The van der Waals surface area contributed by atoms with Gasteiger partial charge in [0.1, 0.15) is 11.3 Å². The molecular formula is C23H32N2O4. The van der Waals surface area contributed by atoms with E-state index >= 15 is 0 Å². The summed E-state index contributed by atoms with van der Waals surface area (Å²) in [6.45, 7) is 6.88. The van der Waals surface area contributed by atoms with Crippen LogP contribution >= 0.6 is 0 Å². The monoisotopic (exact) mass is 400 g/mol. The van der Waals surface area contributed by atoms with E-state index in [4.69, 9.17) is 14.9 Å². The first-order valence-corrected chi connectivity index (χ1v) is 10.6. The van der Waals surface area contributed by atoms with Gasteiger partial charge < -0.3 is 19.8 Å². The molecule has 1 saturated heterocycles. The molecule has 6 heteroatoms. The zero-order chi connectivity index (χ0) is 21.0. The summed E-state index contributed by atoms with van der Waals surface area (Å²) in [5.74, 6) is 0.730. The van der Waals surface area contributed by atoms with E-state index in [-0.39, 0.29) is 30.3 Å². The first kappa shape index (κ1) is 21.4. The Balaban J connectivity index is 1.83. The second kappa shape index (κ2) is 9.44. The molecule has 1 aliphatic rings. The number of ether oxygens (including phenoxy) is 1. The summed E-state index contributed by atoms with van der Waals surface area (Å²) in [7, 11) is 0. The van der Waals surface area contributed by atoms with Gasteiger partial charge in [-0.05, 0) is 38.2 Å². The van der Waals surface area contributed by atoms with Crippen molar-refractivity contribution in [2.75, 3.05) is 13.2 Å². The molecule has 0 saturated carbocycles. The topological polar surface area (TPSA) is 85.8 Å².